The van der Waals surface area contributed by atoms with Crippen molar-refractivity contribution in [1.82, 2.24) is 4.98 Å². The molecular formula is C13H23N3. The van der Waals surface area contributed by atoms with E-state index in [-0.39, 0.29) is 0 Å². The van der Waals surface area contributed by atoms with Gasteiger partial charge in [-0.15, -0.1) is 0 Å². The highest BCUT2D eigenvalue weighted by Gasteiger charge is 2.13. The average Bonchev–Trinajstić information content (AvgIpc) is 2.15. The first kappa shape index (κ1) is 12.8. The van der Waals surface area contributed by atoms with Crippen molar-refractivity contribution in [3.05, 3.63) is 18.3 Å². The van der Waals surface area contributed by atoms with E-state index >= 15 is 0 Å². The van der Waals surface area contributed by atoms with E-state index < -0.39 is 0 Å². The van der Waals surface area contributed by atoms with Crippen LogP contribution in [-0.4, -0.2) is 18.1 Å². The molecule has 0 amide bonds. The molecule has 0 bridgehead atoms. The van der Waals surface area contributed by atoms with Crippen LogP contribution in [0.4, 0.5) is 11.5 Å². The summed E-state index contributed by atoms with van der Waals surface area (Å²) in [6.45, 7) is 10.9. The van der Waals surface area contributed by atoms with Crippen LogP contribution in [0.5, 0.6) is 0 Å². The van der Waals surface area contributed by atoms with Crippen LogP contribution in [0.2, 0.25) is 0 Å². The van der Waals surface area contributed by atoms with Gasteiger partial charge in [0.05, 0.1) is 5.69 Å². The molecule has 0 saturated heterocycles. The molecule has 16 heavy (non-hydrogen) atoms. The van der Waals surface area contributed by atoms with Gasteiger partial charge < -0.3 is 10.6 Å². The molecule has 0 aliphatic heterocycles. The third-order valence-electron chi connectivity index (χ3n) is 2.33. The van der Waals surface area contributed by atoms with Crippen molar-refractivity contribution in [3.8, 4) is 0 Å². The molecular weight excluding hydrogens is 198 g/mol. The number of nitrogens with zero attached hydrogens (tertiary/aromatic N) is 2. The molecule has 3 heteroatoms. The second-order valence-corrected chi connectivity index (χ2v) is 5.10. The Balaban J connectivity index is 2.87. The molecule has 0 radical (unpaired) electrons. The normalized spacial score (nSPS) is 11.1. The smallest absolute Gasteiger partial charge is 0.146 e. The summed E-state index contributed by atoms with van der Waals surface area (Å²) in [5, 5.41) is 0. The molecule has 1 rings (SSSR count). The van der Waals surface area contributed by atoms with Gasteiger partial charge in [0.25, 0.3) is 0 Å². The van der Waals surface area contributed by atoms with Gasteiger partial charge in [0.1, 0.15) is 5.82 Å². The Morgan fingerprint density at radius 1 is 1.19 bits per heavy atom. The molecule has 2 N–H and O–H groups in total. The monoisotopic (exact) mass is 221 g/mol. The molecule has 3 nitrogen and oxygen atoms in total. The van der Waals surface area contributed by atoms with E-state index in [0.717, 1.165) is 18.8 Å². The Kier molecular flexibility index (Phi) is 4.59. The van der Waals surface area contributed by atoms with Crippen LogP contribution >= 0.6 is 0 Å². The van der Waals surface area contributed by atoms with Gasteiger partial charge in [-0.25, -0.2) is 4.98 Å². The predicted octanol–water partition coefficient (Wildman–Crippen LogP) is 2.78. The van der Waals surface area contributed by atoms with Crippen molar-refractivity contribution in [2.45, 2.75) is 27.7 Å². The summed E-state index contributed by atoms with van der Waals surface area (Å²) in [6, 6.07) is 3.99. The Morgan fingerprint density at radius 2 is 1.75 bits per heavy atom. The van der Waals surface area contributed by atoms with Crippen molar-refractivity contribution in [2.75, 3.05) is 23.7 Å². The fourth-order valence-corrected chi connectivity index (χ4v) is 1.83. The molecule has 0 fully saturated rings. The van der Waals surface area contributed by atoms with E-state index in [1.165, 1.54) is 0 Å². The van der Waals surface area contributed by atoms with Crippen molar-refractivity contribution in [3.63, 3.8) is 0 Å². The number of pyridine rings is 1. The number of nitrogen functional groups attached to an aromatic ring is 1. The number of aromatic nitrogens is 1. The van der Waals surface area contributed by atoms with E-state index in [9.17, 15) is 0 Å². The van der Waals surface area contributed by atoms with E-state index in [1.54, 1.807) is 6.20 Å². The molecule has 1 aromatic heterocycles. The maximum Gasteiger partial charge on any atom is 0.146 e. The summed E-state index contributed by atoms with van der Waals surface area (Å²) in [5.74, 6) is 1.88. The fraction of sp³-hybridized carbons (Fsp3) is 0.615. The fourth-order valence-electron chi connectivity index (χ4n) is 1.83. The Labute approximate surface area is 98.7 Å². The molecule has 0 spiro atoms. The summed E-state index contributed by atoms with van der Waals surface area (Å²) >= 11 is 0. The third-order valence-corrected chi connectivity index (χ3v) is 2.33. The van der Waals surface area contributed by atoms with E-state index in [0.29, 0.717) is 17.7 Å². The summed E-state index contributed by atoms with van der Waals surface area (Å²) in [7, 11) is 0. The summed E-state index contributed by atoms with van der Waals surface area (Å²) in [5.41, 5.74) is 6.98. The predicted molar refractivity (Wildman–Crippen MR) is 70.5 cm³/mol. The number of hydrogen-bond donors (Lipinski definition) is 1. The number of rotatable bonds is 5. The number of hydrogen-bond acceptors (Lipinski definition) is 3. The first-order chi connectivity index (χ1) is 7.50. The second-order valence-electron chi connectivity index (χ2n) is 5.10. The highest BCUT2D eigenvalue weighted by Crippen LogP contribution is 2.22. The standard InChI is InChI=1S/C13H23N3/c1-10(2)8-16(9-11(3)4)12-6-5-7-15-13(12)14/h5-7,10-11H,8-9H2,1-4H3,(H2,14,15). The highest BCUT2D eigenvalue weighted by molar-refractivity contribution is 5.62. The van der Waals surface area contributed by atoms with E-state index in [1.807, 2.05) is 12.1 Å². The maximum absolute atomic E-state index is 5.92. The molecule has 0 unspecified atom stereocenters. The van der Waals surface area contributed by atoms with Gasteiger partial charge >= 0.3 is 0 Å². The van der Waals surface area contributed by atoms with Crippen LogP contribution in [0.1, 0.15) is 27.7 Å². The lowest BCUT2D eigenvalue weighted by atomic mass is 10.1. The zero-order valence-electron chi connectivity index (χ0n) is 10.8. The molecule has 0 aromatic carbocycles. The Hall–Kier alpha value is -1.25. The van der Waals surface area contributed by atoms with Gasteiger partial charge in [-0.2, -0.15) is 0 Å². The summed E-state index contributed by atoms with van der Waals surface area (Å²) in [6.07, 6.45) is 1.74. The first-order valence-corrected chi connectivity index (χ1v) is 5.96. The lowest BCUT2D eigenvalue weighted by molar-refractivity contribution is 0.553. The minimum absolute atomic E-state index is 0.623. The molecule has 0 aliphatic carbocycles. The molecule has 0 atom stereocenters. The molecule has 1 aromatic rings. The van der Waals surface area contributed by atoms with Gasteiger partial charge in [0, 0.05) is 19.3 Å². The minimum atomic E-state index is 0.623. The largest absolute Gasteiger partial charge is 0.382 e. The molecule has 1 heterocycles. The number of nitrogens with two attached hydrogens (primary N) is 1. The third kappa shape index (κ3) is 3.72. The van der Waals surface area contributed by atoms with Crippen LogP contribution in [0, 0.1) is 11.8 Å². The quantitative estimate of drug-likeness (QED) is 0.831. The van der Waals surface area contributed by atoms with Crippen LogP contribution in [0.3, 0.4) is 0 Å². The van der Waals surface area contributed by atoms with Gasteiger partial charge in [0.2, 0.25) is 0 Å². The zero-order valence-corrected chi connectivity index (χ0v) is 10.8. The van der Waals surface area contributed by atoms with E-state index in [2.05, 4.69) is 37.6 Å². The second kappa shape index (κ2) is 5.73. The Bertz CT molecular complexity index is 311. The number of anilines is 2. The SMILES string of the molecule is CC(C)CN(CC(C)C)c1cccnc1N. The first-order valence-electron chi connectivity index (χ1n) is 5.96. The van der Waals surface area contributed by atoms with Crippen LogP contribution in [-0.2, 0) is 0 Å². The van der Waals surface area contributed by atoms with Crippen molar-refractivity contribution in [1.29, 1.82) is 0 Å². The van der Waals surface area contributed by atoms with Crippen molar-refractivity contribution >= 4 is 11.5 Å². The van der Waals surface area contributed by atoms with Gasteiger partial charge in [-0.1, -0.05) is 27.7 Å². The maximum atomic E-state index is 5.92. The zero-order chi connectivity index (χ0) is 12.1. The lowest BCUT2D eigenvalue weighted by Gasteiger charge is -2.29. The van der Waals surface area contributed by atoms with Crippen molar-refractivity contribution in [2.24, 2.45) is 11.8 Å². The van der Waals surface area contributed by atoms with Gasteiger partial charge in [-0.3, -0.25) is 0 Å². The summed E-state index contributed by atoms with van der Waals surface area (Å²) < 4.78 is 0. The molecule has 0 saturated carbocycles. The van der Waals surface area contributed by atoms with Crippen LogP contribution in [0.15, 0.2) is 18.3 Å². The minimum Gasteiger partial charge on any atom is -0.382 e. The molecule has 0 aliphatic rings. The van der Waals surface area contributed by atoms with E-state index in [4.69, 9.17) is 5.73 Å². The van der Waals surface area contributed by atoms with Gasteiger partial charge in [0.15, 0.2) is 0 Å². The highest BCUT2D eigenvalue weighted by atomic mass is 15.2. The summed E-state index contributed by atoms with van der Waals surface area (Å²) in [4.78, 5) is 6.48. The van der Waals surface area contributed by atoms with Crippen molar-refractivity contribution < 1.29 is 0 Å². The topological polar surface area (TPSA) is 42.2 Å². The molecule has 90 valence electrons. The van der Waals surface area contributed by atoms with Crippen LogP contribution < -0.4 is 10.6 Å². The average molecular weight is 221 g/mol. The Morgan fingerprint density at radius 3 is 2.19 bits per heavy atom. The lowest BCUT2D eigenvalue weighted by Crippen LogP contribution is -2.32. The van der Waals surface area contributed by atoms with Crippen LogP contribution in [0.25, 0.3) is 0 Å². The van der Waals surface area contributed by atoms with Gasteiger partial charge in [-0.05, 0) is 24.0 Å².